The van der Waals surface area contributed by atoms with Crippen molar-refractivity contribution in [3.63, 3.8) is 0 Å². The van der Waals surface area contributed by atoms with Gasteiger partial charge in [0.2, 0.25) is 0 Å². The van der Waals surface area contributed by atoms with Gasteiger partial charge in [-0.1, -0.05) is 0 Å². The monoisotopic (exact) mass is 259 g/mol. The molecular weight excluding hydrogens is 242 g/mol. The molecule has 1 aliphatic heterocycles. The van der Waals surface area contributed by atoms with Crippen LogP contribution in [0.3, 0.4) is 0 Å². The van der Waals surface area contributed by atoms with E-state index in [2.05, 4.69) is 10.3 Å². The summed E-state index contributed by atoms with van der Waals surface area (Å²) >= 11 is 0. The summed E-state index contributed by atoms with van der Waals surface area (Å²) in [5.41, 5.74) is 0.836. The highest BCUT2D eigenvalue weighted by molar-refractivity contribution is 5.94. The van der Waals surface area contributed by atoms with Gasteiger partial charge < -0.3 is 10.1 Å². The quantitative estimate of drug-likeness (QED) is 0.889. The number of ether oxygens (including phenoxy) is 1. The molecule has 5 nitrogen and oxygen atoms in total. The Morgan fingerprint density at radius 2 is 2.26 bits per heavy atom. The molecule has 1 aromatic heterocycles. The molecule has 0 aliphatic carbocycles. The molecule has 0 aromatic carbocycles. The van der Waals surface area contributed by atoms with Gasteiger partial charge in [0.15, 0.2) is 0 Å². The lowest BCUT2D eigenvalue weighted by atomic mass is 9.97. The first-order valence-corrected chi connectivity index (χ1v) is 6.50. The van der Waals surface area contributed by atoms with Crippen LogP contribution in [0, 0.1) is 17.2 Å². The first kappa shape index (κ1) is 13.5. The van der Waals surface area contributed by atoms with Crippen LogP contribution < -0.4 is 5.32 Å². The van der Waals surface area contributed by atoms with E-state index < -0.39 is 0 Å². The third-order valence-corrected chi connectivity index (χ3v) is 3.31. The van der Waals surface area contributed by atoms with Crippen molar-refractivity contribution in [2.24, 2.45) is 5.92 Å². The molecular formula is C14H17N3O2. The molecule has 1 N–H and O–H groups in total. The molecule has 5 heteroatoms. The predicted octanol–water partition coefficient (Wildman–Crippen LogP) is 1.50. The minimum absolute atomic E-state index is 0.170. The van der Waals surface area contributed by atoms with E-state index in [0.29, 0.717) is 23.6 Å². The SMILES string of the molecule is N#Cc1cncc(C(=O)NCCC2CCOCC2)c1. The fraction of sp³-hybridized carbons (Fsp3) is 0.500. The molecule has 1 aromatic rings. The van der Waals surface area contributed by atoms with Crippen molar-refractivity contribution in [2.75, 3.05) is 19.8 Å². The average molecular weight is 259 g/mol. The maximum atomic E-state index is 11.9. The number of nitrogens with zero attached hydrogens (tertiary/aromatic N) is 2. The summed E-state index contributed by atoms with van der Waals surface area (Å²) < 4.78 is 5.30. The zero-order valence-electron chi connectivity index (χ0n) is 10.8. The second kappa shape index (κ2) is 6.86. The van der Waals surface area contributed by atoms with Crippen LogP contribution in [0.25, 0.3) is 0 Å². The molecule has 0 radical (unpaired) electrons. The molecule has 0 unspecified atom stereocenters. The van der Waals surface area contributed by atoms with Crippen molar-refractivity contribution < 1.29 is 9.53 Å². The van der Waals surface area contributed by atoms with Crippen molar-refractivity contribution in [3.8, 4) is 6.07 Å². The van der Waals surface area contributed by atoms with Gasteiger partial charge >= 0.3 is 0 Å². The largest absolute Gasteiger partial charge is 0.381 e. The normalized spacial score (nSPS) is 15.7. The van der Waals surface area contributed by atoms with Gasteiger partial charge in [-0.15, -0.1) is 0 Å². The summed E-state index contributed by atoms with van der Waals surface area (Å²) in [6, 6.07) is 3.53. The van der Waals surface area contributed by atoms with Gasteiger partial charge in [0, 0.05) is 32.2 Å². The Kier molecular flexibility index (Phi) is 4.87. The zero-order valence-corrected chi connectivity index (χ0v) is 10.8. The van der Waals surface area contributed by atoms with Crippen molar-refractivity contribution >= 4 is 5.91 Å². The van der Waals surface area contributed by atoms with E-state index >= 15 is 0 Å². The average Bonchev–Trinajstić information content (AvgIpc) is 2.48. The van der Waals surface area contributed by atoms with Crippen molar-refractivity contribution in [3.05, 3.63) is 29.6 Å². The molecule has 2 heterocycles. The van der Waals surface area contributed by atoms with Gasteiger partial charge in [0.1, 0.15) is 6.07 Å². The summed E-state index contributed by atoms with van der Waals surface area (Å²) in [7, 11) is 0. The minimum Gasteiger partial charge on any atom is -0.381 e. The Bertz CT molecular complexity index is 476. The number of nitriles is 1. The second-order valence-corrected chi connectivity index (χ2v) is 4.67. The van der Waals surface area contributed by atoms with Crippen molar-refractivity contribution in [2.45, 2.75) is 19.3 Å². The summed E-state index contributed by atoms with van der Waals surface area (Å²) in [6.45, 7) is 2.31. The van der Waals surface area contributed by atoms with E-state index in [1.54, 1.807) is 6.07 Å². The highest BCUT2D eigenvalue weighted by Crippen LogP contribution is 2.17. The van der Waals surface area contributed by atoms with E-state index in [1.165, 1.54) is 12.4 Å². The molecule has 1 aliphatic rings. The Hall–Kier alpha value is -1.93. The first-order chi connectivity index (χ1) is 9.29. The number of hydrogen-bond acceptors (Lipinski definition) is 4. The number of carbonyl (C=O) groups excluding carboxylic acids is 1. The second-order valence-electron chi connectivity index (χ2n) is 4.67. The molecule has 0 saturated carbocycles. The van der Waals surface area contributed by atoms with E-state index in [4.69, 9.17) is 10.00 Å². The van der Waals surface area contributed by atoms with Gasteiger partial charge in [-0.2, -0.15) is 5.26 Å². The maximum absolute atomic E-state index is 11.9. The van der Waals surface area contributed by atoms with Crippen LogP contribution in [0.4, 0.5) is 0 Å². The third-order valence-electron chi connectivity index (χ3n) is 3.31. The molecule has 0 atom stereocenters. The van der Waals surface area contributed by atoms with Gasteiger partial charge in [0.25, 0.3) is 5.91 Å². The molecule has 0 spiro atoms. The topological polar surface area (TPSA) is 75.0 Å². The molecule has 1 saturated heterocycles. The maximum Gasteiger partial charge on any atom is 0.252 e. The minimum atomic E-state index is -0.170. The number of carbonyl (C=O) groups is 1. The van der Waals surface area contributed by atoms with E-state index in [1.807, 2.05) is 6.07 Å². The number of amides is 1. The fourth-order valence-corrected chi connectivity index (χ4v) is 2.15. The van der Waals surface area contributed by atoms with E-state index in [9.17, 15) is 4.79 Å². The van der Waals surface area contributed by atoms with Crippen molar-refractivity contribution in [1.82, 2.24) is 10.3 Å². The lowest BCUT2D eigenvalue weighted by Crippen LogP contribution is -2.27. The summed E-state index contributed by atoms with van der Waals surface area (Å²) in [6.07, 6.45) is 6.03. The van der Waals surface area contributed by atoms with Crippen LogP contribution in [0.15, 0.2) is 18.5 Å². The number of rotatable bonds is 4. The number of aromatic nitrogens is 1. The van der Waals surface area contributed by atoms with Crippen LogP contribution in [0.5, 0.6) is 0 Å². The molecule has 2 rings (SSSR count). The van der Waals surface area contributed by atoms with Gasteiger partial charge in [-0.3, -0.25) is 9.78 Å². The summed E-state index contributed by atoms with van der Waals surface area (Å²) in [5.74, 6) is 0.467. The number of pyridine rings is 1. The van der Waals surface area contributed by atoms with E-state index in [0.717, 1.165) is 32.5 Å². The third kappa shape index (κ3) is 4.04. The molecule has 1 fully saturated rings. The molecule has 19 heavy (non-hydrogen) atoms. The van der Waals surface area contributed by atoms with Gasteiger partial charge in [-0.05, 0) is 31.2 Å². The predicted molar refractivity (Wildman–Crippen MR) is 69.4 cm³/mol. The molecule has 1 amide bonds. The highest BCUT2D eigenvalue weighted by atomic mass is 16.5. The van der Waals surface area contributed by atoms with E-state index in [-0.39, 0.29) is 5.91 Å². The van der Waals surface area contributed by atoms with Crippen LogP contribution in [0.1, 0.15) is 35.2 Å². The van der Waals surface area contributed by atoms with Gasteiger partial charge in [0.05, 0.1) is 11.1 Å². The summed E-state index contributed by atoms with van der Waals surface area (Å²) in [5, 5.41) is 11.6. The fourth-order valence-electron chi connectivity index (χ4n) is 2.15. The zero-order chi connectivity index (χ0) is 13.5. The number of hydrogen-bond donors (Lipinski definition) is 1. The Morgan fingerprint density at radius 1 is 1.47 bits per heavy atom. The lowest BCUT2D eigenvalue weighted by Gasteiger charge is -2.21. The lowest BCUT2D eigenvalue weighted by molar-refractivity contribution is 0.0636. The highest BCUT2D eigenvalue weighted by Gasteiger charge is 2.14. The molecule has 100 valence electrons. The standard InChI is InChI=1S/C14H17N3O2/c15-8-12-7-13(10-16-9-12)14(18)17-4-1-11-2-5-19-6-3-11/h7,9-11H,1-6H2,(H,17,18). The van der Waals surface area contributed by atoms with Crippen LogP contribution in [0.2, 0.25) is 0 Å². The number of nitrogens with one attached hydrogen (secondary N) is 1. The first-order valence-electron chi connectivity index (χ1n) is 6.50. The summed E-state index contributed by atoms with van der Waals surface area (Å²) in [4.78, 5) is 15.7. The van der Waals surface area contributed by atoms with Crippen molar-refractivity contribution in [1.29, 1.82) is 5.26 Å². The van der Waals surface area contributed by atoms with Crippen LogP contribution in [-0.4, -0.2) is 30.6 Å². The molecule has 0 bridgehead atoms. The van der Waals surface area contributed by atoms with Crippen LogP contribution in [-0.2, 0) is 4.74 Å². The Balaban J connectivity index is 1.79. The Labute approximate surface area is 112 Å². The smallest absolute Gasteiger partial charge is 0.252 e. The van der Waals surface area contributed by atoms with Crippen LogP contribution >= 0.6 is 0 Å². The Morgan fingerprint density at radius 3 is 3.00 bits per heavy atom. The van der Waals surface area contributed by atoms with Gasteiger partial charge in [-0.25, -0.2) is 0 Å².